The van der Waals surface area contributed by atoms with Gasteiger partial charge in [0, 0.05) is 38.1 Å². The number of amides is 2. The van der Waals surface area contributed by atoms with Gasteiger partial charge in [0.25, 0.3) is 5.91 Å². The third kappa shape index (κ3) is 3.85. The van der Waals surface area contributed by atoms with E-state index in [2.05, 4.69) is 27.3 Å². The monoisotopic (exact) mass is 352 g/mol. The van der Waals surface area contributed by atoms with Crippen LogP contribution in [0.1, 0.15) is 27.0 Å². The van der Waals surface area contributed by atoms with Gasteiger partial charge in [-0.05, 0) is 38.0 Å². The molecule has 6 nitrogen and oxygen atoms in total. The molecule has 2 amide bonds. The van der Waals surface area contributed by atoms with E-state index in [9.17, 15) is 9.59 Å². The van der Waals surface area contributed by atoms with Gasteiger partial charge in [-0.15, -0.1) is 0 Å². The molecule has 0 unspecified atom stereocenters. The molecule has 1 aromatic heterocycles. The first kappa shape index (κ1) is 17.9. The minimum atomic E-state index is -0.166. The number of hydrogen-bond donors (Lipinski definition) is 1. The molecule has 2 heterocycles. The summed E-state index contributed by atoms with van der Waals surface area (Å²) in [4.78, 5) is 31.7. The average Bonchev–Trinajstić information content (AvgIpc) is 2.64. The van der Waals surface area contributed by atoms with Crippen molar-refractivity contribution in [3.8, 4) is 0 Å². The van der Waals surface area contributed by atoms with E-state index in [-0.39, 0.29) is 5.91 Å². The lowest BCUT2D eigenvalue weighted by Crippen LogP contribution is -2.45. The van der Waals surface area contributed by atoms with Crippen LogP contribution in [-0.4, -0.2) is 48.4 Å². The minimum Gasteiger partial charge on any atom is -0.367 e. The molecule has 1 saturated heterocycles. The van der Waals surface area contributed by atoms with Crippen LogP contribution in [0.3, 0.4) is 0 Å². The Hall–Kier alpha value is -2.89. The van der Waals surface area contributed by atoms with Crippen molar-refractivity contribution in [3.05, 3.63) is 52.8 Å². The molecule has 1 aromatic carbocycles. The fourth-order valence-electron chi connectivity index (χ4n) is 3.37. The quantitative estimate of drug-likeness (QED) is 0.859. The maximum Gasteiger partial charge on any atom is 0.257 e. The van der Waals surface area contributed by atoms with Crippen molar-refractivity contribution >= 4 is 23.7 Å². The first-order valence-corrected chi connectivity index (χ1v) is 8.76. The predicted octanol–water partition coefficient (Wildman–Crippen LogP) is 2.54. The third-order valence-corrected chi connectivity index (χ3v) is 4.73. The fraction of sp³-hybridized carbons (Fsp3) is 0.350. The molecule has 1 aliphatic rings. The largest absolute Gasteiger partial charge is 0.367 e. The Labute approximate surface area is 153 Å². The standard InChI is InChI=1S/C20H24N4O2/c1-14-8-15(2)19(16(3)9-14)22-20(26)17-10-18(12-21-11-17)24-6-4-23(13-25)5-7-24/h8-13H,4-7H2,1-3H3,(H,22,26). The summed E-state index contributed by atoms with van der Waals surface area (Å²) in [5.74, 6) is -0.166. The summed E-state index contributed by atoms with van der Waals surface area (Å²) < 4.78 is 0. The van der Waals surface area contributed by atoms with Gasteiger partial charge in [-0.1, -0.05) is 17.7 Å². The summed E-state index contributed by atoms with van der Waals surface area (Å²) in [5.41, 5.74) is 5.55. The van der Waals surface area contributed by atoms with Crippen molar-refractivity contribution in [2.75, 3.05) is 36.4 Å². The normalized spacial score (nSPS) is 14.3. The van der Waals surface area contributed by atoms with Crippen molar-refractivity contribution in [2.45, 2.75) is 20.8 Å². The molecule has 0 bridgehead atoms. The van der Waals surface area contributed by atoms with Crippen molar-refractivity contribution in [1.29, 1.82) is 0 Å². The van der Waals surface area contributed by atoms with Gasteiger partial charge in [-0.25, -0.2) is 0 Å². The zero-order valence-corrected chi connectivity index (χ0v) is 15.5. The van der Waals surface area contributed by atoms with E-state index in [0.717, 1.165) is 42.0 Å². The molecule has 2 aromatic rings. The van der Waals surface area contributed by atoms with Crippen molar-refractivity contribution in [1.82, 2.24) is 9.88 Å². The van der Waals surface area contributed by atoms with Crippen LogP contribution >= 0.6 is 0 Å². The van der Waals surface area contributed by atoms with Gasteiger partial charge in [0.05, 0.1) is 17.4 Å². The number of hydrogen-bond acceptors (Lipinski definition) is 4. The second-order valence-corrected chi connectivity index (χ2v) is 6.79. The third-order valence-electron chi connectivity index (χ3n) is 4.73. The van der Waals surface area contributed by atoms with Gasteiger partial charge in [-0.2, -0.15) is 0 Å². The Morgan fingerprint density at radius 2 is 1.69 bits per heavy atom. The maximum absolute atomic E-state index is 12.7. The highest BCUT2D eigenvalue weighted by atomic mass is 16.1. The molecule has 0 aliphatic carbocycles. The van der Waals surface area contributed by atoms with E-state index in [1.807, 2.05) is 26.8 Å². The van der Waals surface area contributed by atoms with Crippen LogP contribution in [0.5, 0.6) is 0 Å². The molecule has 0 radical (unpaired) electrons. The number of nitrogens with one attached hydrogen (secondary N) is 1. The van der Waals surface area contributed by atoms with Crippen molar-refractivity contribution in [3.63, 3.8) is 0 Å². The van der Waals surface area contributed by atoms with E-state index in [0.29, 0.717) is 18.7 Å². The molecule has 136 valence electrons. The molecule has 0 atom stereocenters. The van der Waals surface area contributed by atoms with E-state index in [1.165, 1.54) is 5.56 Å². The summed E-state index contributed by atoms with van der Waals surface area (Å²) in [6.07, 6.45) is 4.22. The van der Waals surface area contributed by atoms with E-state index < -0.39 is 0 Å². The second-order valence-electron chi connectivity index (χ2n) is 6.79. The summed E-state index contributed by atoms with van der Waals surface area (Å²) in [5, 5.41) is 3.02. The number of piperazine rings is 1. The highest BCUT2D eigenvalue weighted by Crippen LogP contribution is 2.23. The molecule has 0 saturated carbocycles. The van der Waals surface area contributed by atoms with Crippen LogP contribution in [0.25, 0.3) is 0 Å². The first-order chi connectivity index (χ1) is 12.5. The lowest BCUT2D eigenvalue weighted by molar-refractivity contribution is -0.118. The molecule has 0 spiro atoms. The van der Waals surface area contributed by atoms with Gasteiger partial charge in [0.1, 0.15) is 0 Å². The number of benzene rings is 1. The van der Waals surface area contributed by atoms with Gasteiger partial charge in [0.2, 0.25) is 6.41 Å². The zero-order chi connectivity index (χ0) is 18.7. The fourth-order valence-corrected chi connectivity index (χ4v) is 3.37. The van der Waals surface area contributed by atoms with E-state index >= 15 is 0 Å². The molecular weight excluding hydrogens is 328 g/mol. The second kappa shape index (κ2) is 7.56. The predicted molar refractivity (Wildman–Crippen MR) is 103 cm³/mol. The summed E-state index contributed by atoms with van der Waals surface area (Å²) in [6, 6.07) is 5.98. The first-order valence-electron chi connectivity index (χ1n) is 8.76. The highest BCUT2D eigenvalue weighted by Gasteiger charge is 2.18. The molecule has 3 rings (SSSR count). The average molecular weight is 352 g/mol. The lowest BCUT2D eigenvalue weighted by atomic mass is 10.0. The van der Waals surface area contributed by atoms with Gasteiger partial charge < -0.3 is 15.1 Å². The molecule has 1 aliphatic heterocycles. The number of aryl methyl sites for hydroxylation is 3. The summed E-state index contributed by atoms with van der Waals surface area (Å²) >= 11 is 0. The van der Waals surface area contributed by atoms with Crippen molar-refractivity contribution in [2.24, 2.45) is 0 Å². The van der Waals surface area contributed by atoms with Gasteiger partial charge >= 0.3 is 0 Å². The van der Waals surface area contributed by atoms with E-state index in [1.54, 1.807) is 17.3 Å². The van der Waals surface area contributed by atoms with Crippen LogP contribution in [0.15, 0.2) is 30.6 Å². The van der Waals surface area contributed by atoms with Gasteiger partial charge in [-0.3, -0.25) is 14.6 Å². The zero-order valence-electron chi connectivity index (χ0n) is 15.5. The Bertz CT molecular complexity index is 803. The molecule has 26 heavy (non-hydrogen) atoms. The number of nitrogens with zero attached hydrogens (tertiary/aromatic N) is 3. The molecule has 6 heteroatoms. The van der Waals surface area contributed by atoms with Crippen LogP contribution in [0.4, 0.5) is 11.4 Å². The number of pyridine rings is 1. The summed E-state index contributed by atoms with van der Waals surface area (Å²) in [6.45, 7) is 8.88. The number of rotatable bonds is 4. The number of anilines is 2. The Morgan fingerprint density at radius 1 is 1.04 bits per heavy atom. The maximum atomic E-state index is 12.7. The number of carbonyl (C=O) groups is 2. The lowest BCUT2D eigenvalue weighted by Gasteiger charge is -2.34. The van der Waals surface area contributed by atoms with Crippen LogP contribution in [0.2, 0.25) is 0 Å². The van der Waals surface area contributed by atoms with E-state index in [4.69, 9.17) is 0 Å². The molecular formula is C20H24N4O2. The van der Waals surface area contributed by atoms with Crippen LogP contribution < -0.4 is 10.2 Å². The Morgan fingerprint density at radius 3 is 2.31 bits per heavy atom. The van der Waals surface area contributed by atoms with Crippen LogP contribution in [-0.2, 0) is 4.79 Å². The summed E-state index contributed by atoms with van der Waals surface area (Å²) in [7, 11) is 0. The SMILES string of the molecule is Cc1cc(C)c(NC(=O)c2cncc(N3CCN(C=O)CC3)c2)c(C)c1. The number of aromatic nitrogens is 1. The topological polar surface area (TPSA) is 65.5 Å². The Balaban J connectivity index is 1.76. The Kier molecular flexibility index (Phi) is 5.21. The smallest absolute Gasteiger partial charge is 0.257 e. The number of carbonyl (C=O) groups excluding carboxylic acids is 2. The minimum absolute atomic E-state index is 0.166. The van der Waals surface area contributed by atoms with Crippen LogP contribution in [0, 0.1) is 20.8 Å². The van der Waals surface area contributed by atoms with Crippen molar-refractivity contribution < 1.29 is 9.59 Å². The molecule has 1 fully saturated rings. The van der Waals surface area contributed by atoms with Gasteiger partial charge in [0.15, 0.2) is 0 Å². The highest BCUT2D eigenvalue weighted by molar-refractivity contribution is 6.05. The molecule has 1 N–H and O–H groups in total.